The Morgan fingerprint density at radius 2 is 1.96 bits per heavy atom. The lowest BCUT2D eigenvalue weighted by Gasteiger charge is -2.36. The number of rotatable bonds is 5. The van der Waals surface area contributed by atoms with E-state index >= 15 is 0 Å². The third-order valence-electron chi connectivity index (χ3n) is 5.93. The maximum Gasteiger partial charge on any atom is 0.253 e. The molecule has 0 saturated heterocycles. The SMILES string of the molecule is CNc1ccc(C(=O)NCc2ccc3c(c2)CCN(C2CCC2)CC3)cn1. The van der Waals surface area contributed by atoms with Gasteiger partial charge in [-0.3, -0.25) is 9.69 Å². The molecule has 5 heteroatoms. The van der Waals surface area contributed by atoms with E-state index < -0.39 is 0 Å². The van der Waals surface area contributed by atoms with Gasteiger partial charge in [0.15, 0.2) is 0 Å². The predicted molar refractivity (Wildman–Crippen MR) is 108 cm³/mol. The normalized spacial score (nSPS) is 17.5. The lowest BCUT2D eigenvalue weighted by Crippen LogP contribution is -2.41. The van der Waals surface area contributed by atoms with Gasteiger partial charge in [-0.2, -0.15) is 0 Å². The summed E-state index contributed by atoms with van der Waals surface area (Å²) in [7, 11) is 1.81. The van der Waals surface area contributed by atoms with Crippen LogP contribution in [0, 0.1) is 0 Å². The van der Waals surface area contributed by atoms with Gasteiger partial charge in [-0.15, -0.1) is 0 Å². The Hall–Kier alpha value is -2.40. The molecule has 1 saturated carbocycles. The molecule has 2 N–H and O–H groups in total. The smallest absolute Gasteiger partial charge is 0.253 e. The molecule has 27 heavy (non-hydrogen) atoms. The molecule has 4 rings (SSSR count). The van der Waals surface area contributed by atoms with Gasteiger partial charge in [0.2, 0.25) is 0 Å². The molecule has 1 aliphatic carbocycles. The Labute approximate surface area is 161 Å². The van der Waals surface area contributed by atoms with E-state index in [1.54, 1.807) is 12.3 Å². The van der Waals surface area contributed by atoms with Crippen molar-refractivity contribution in [3.8, 4) is 0 Å². The molecular weight excluding hydrogens is 336 g/mol. The number of carbonyl (C=O) groups excluding carboxylic acids is 1. The highest BCUT2D eigenvalue weighted by Gasteiger charge is 2.26. The molecule has 0 unspecified atom stereocenters. The quantitative estimate of drug-likeness (QED) is 0.856. The van der Waals surface area contributed by atoms with E-state index in [2.05, 4.69) is 38.7 Å². The van der Waals surface area contributed by atoms with Gasteiger partial charge >= 0.3 is 0 Å². The van der Waals surface area contributed by atoms with Crippen molar-refractivity contribution in [3.63, 3.8) is 0 Å². The summed E-state index contributed by atoms with van der Waals surface area (Å²) in [5.41, 5.74) is 4.67. The van der Waals surface area contributed by atoms with Crippen LogP contribution >= 0.6 is 0 Å². The summed E-state index contributed by atoms with van der Waals surface area (Å²) in [6.07, 6.45) is 8.00. The third kappa shape index (κ3) is 4.14. The Morgan fingerprint density at radius 3 is 2.63 bits per heavy atom. The van der Waals surface area contributed by atoms with Crippen LogP contribution in [0.15, 0.2) is 36.5 Å². The van der Waals surface area contributed by atoms with Crippen molar-refractivity contribution in [1.82, 2.24) is 15.2 Å². The molecule has 5 nitrogen and oxygen atoms in total. The van der Waals surface area contributed by atoms with Crippen molar-refractivity contribution in [1.29, 1.82) is 0 Å². The predicted octanol–water partition coefficient (Wildman–Crippen LogP) is 3.01. The molecule has 142 valence electrons. The zero-order chi connectivity index (χ0) is 18.6. The number of amides is 1. The Balaban J connectivity index is 1.36. The Bertz CT molecular complexity index is 798. The first kappa shape index (κ1) is 18.0. The summed E-state index contributed by atoms with van der Waals surface area (Å²) in [6, 6.07) is 11.1. The summed E-state index contributed by atoms with van der Waals surface area (Å²) in [4.78, 5) is 19.2. The van der Waals surface area contributed by atoms with E-state index in [1.807, 2.05) is 13.1 Å². The standard InChI is InChI=1S/C22H28N4O/c1-23-21-8-7-19(15-24-21)22(27)25-14-16-5-6-17-9-11-26(20-3-2-4-20)12-10-18(17)13-16/h5-8,13,15,20H,2-4,9-12,14H2,1H3,(H,23,24)(H,25,27). The Morgan fingerprint density at radius 1 is 1.15 bits per heavy atom. The van der Waals surface area contributed by atoms with Crippen LogP contribution < -0.4 is 10.6 Å². The molecule has 1 aliphatic heterocycles. The molecular formula is C22H28N4O. The number of pyridine rings is 1. The zero-order valence-electron chi connectivity index (χ0n) is 16.0. The van der Waals surface area contributed by atoms with Crippen molar-refractivity contribution in [2.45, 2.75) is 44.7 Å². The largest absolute Gasteiger partial charge is 0.373 e. The second kappa shape index (κ2) is 8.09. The number of anilines is 1. The maximum absolute atomic E-state index is 12.3. The summed E-state index contributed by atoms with van der Waals surface area (Å²) >= 11 is 0. The highest BCUT2D eigenvalue weighted by atomic mass is 16.1. The van der Waals surface area contributed by atoms with Crippen LogP contribution in [0.25, 0.3) is 0 Å². The van der Waals surface area contributed by atoms with E-state index in [-0.39, 0.29) is 5.91 Å². The average molecular weight is 364 g/mol. The summed E-state index contributed by atoms with van der Waals surface area (Å²) in [5, 5.41) is 5.97. The molecule has 2 aromatic rings. The molecule has 0 spiro atoms. The van der Waals surface area contributed by atoms with Crippen LogP contribution in [0.2, 0.25) is 0 Å². The number of nitrogens with one attached hydrogen (secondary N) is 2. The summed E-state index contributed by atoms with van der Waals surface area (Å²) in [5.74, 6) is 0.671. The molecule has 0 bridgehead atoms. The number of hydrogen-bond acceptors (Lipinski definition) is 4. The number of benzene rings is 1. The minimum atomic E-state index is -0.0868. The van der Waals surface area contributed by atoms with E-state index in [9.17, 15) is 4.79 Å². The van der Waals surface area contributed by atoms with Gasteiger partial charge in [-0.1, -0.05) is 24.6 Å². The monoisotopic (exact) mass is 364 g/mol. The van der Waals surface area contributed by atoms with E-state index in [1.165, 1.54) is 42.5 Å². The average Bonchev–Trinajstić information content (AvgIpc) is 2.87. The van der Waals surface area contributed by atoms with Crippen molar-refractivity contribution in [2.75, 3.05) is 25.5 Å². The van der Waals surface area contributed by atoms with Crippen LogP contribution in [0.3, 0.4) is 0 Å². The molecule has 2 aliphatic rings. The Kier molecular flexibility index (Phi) is 5.39. The number of fused-ring (bicyclic) bond motifs is 1. The van der Waals surface area contributed by atoms with Gasteiger partial charge in [0.1, 0.15) is 5.82 Å². The fraction of sp³-hybridized carbons (Fsp3) is 0.455. The molecule has 0 atom stereocenters. The highest BCUT2D eigenvalue weighted by molar-refractivity contribution is 5.94. The van der Waals surface area contributed by atoms with Crippen molar-refractivity contribution in [2.24, 2.45) is 0 Å². The minimum Gasteiger partial charge on any atom is -0.373 e. The van der Waals surface area contributed by atoms with Crippen LogP contribution in [-0.4, -0.2) is 42.0 Å². The van der Waals surface area contributed by atoms with Crippen LogP contribution in [0.4, 0.5) is 5.82 Å². The number of aromatic nitrogens is 1. The van der Waals surface area contributed by atoms with Crippen molar-refractivity contribution >= 4 is 11.7 Å². The second-order valence-electron chi connectivity index (χ2n) is 7.59. The van der Waals surface area contributed by atoms with Gasteiger partial charge < -0.3 is 10.6 Å². The number of nitrogens with zero attached hydrogens (tertiary/aromatic N) is 2. The first-order valence-electron chi connectivity index (χ1n) is 9.99. The first-order chi connectivity index (χ1) is 13.2. The highest BCUT2D eigenvalue weighted by Crippen LogP contribution is 2.27. The number of carbonyl (C=O) groups is 1. The summed E-state index contributed by atoms with van der Waals surface area (Å²) in [6.45, 7) is 2.90. The molecule has 1 amide bonds. The first-order valence-corrected chi connectivity index (χ1v) is 9.99. The van der Waals surface area contributed by atoms with Crippen molar-refractivity contribution < 1.29 is 4.79 Å². The van der Waals surface area contributed by atoms with Crippen LogP contribution in [-0.2, 0) is 19.4 Å². The van der Waals surface area contributed by atoms with Gasteiger partial charge in [0, 0.05) is 38.9 Å². The maximum atomic E-state index is 12.3. The molecule has 1 aromatic carbocycles. The third-order valence-corrected chi connectivity index (χ3v) is 5.93. The van der Waals surface area contributed by atoms with Crippen LogP contribution in [0.5, 0.6) is 0 Å². The fourth-order valence-electron chi connectivity index (χ4n) is 3.98. The van der Waals surface area contributed by atoms with Gasteiger partial charge in [0.05, 0.1) is 5.56 Å². The molecule has 0 radical (unpaired) electrons. The van der Waals surface area contributed by atoms with Gasteiger partial charge in [0.25, 0.3) is 5.91 Å². The van der Waals surface area contributed by atoms with Crippen molar-refractivity contribution in [3.05, 3.63) is 58.8 Å². The van der Waals surface area contributed by atoms with E-state index in [0.29, 0.717) is 12.1 Å². The van der Waals surface area contributed by atoms with Gasteiger partial charge in [-0.25, -0.2) is 4.98 Å². The molecule has 2 heterocycles. The number of hydrogen-bond donors (Lipinski definition) is 2. The summed E-state index contributed by atoms with van der Waals surface area (Å²) < 4.78 is 0. The zero-order valence-corrected chi connectivity index (χ0v) is 16.0. The van der Waals surface area contributed by atoms with Gasteiger partial charge in [-0.05, 0) is 54.5 Å². The topological polar surface area (TPSA) is 57.3 Å². The fourth-order valence-corrected chi connectivity index (χ4v) is 3.98. The van der Waals surface area contributed by atoms with E-state index in [0.717, 1.165) is 31.2 Å². The molecule has 1 aromatic heterocycles. The minimum absolute atomic E-state index is 0.0868. The lowest BCUT2D eigenvalue weighted by atomic mass is 9.91. The second-order valence-corrected chi connectivity index (χ2v) is 7.59. The molecule has 1 fully saturated rings. The van der Waals surface area contributed by atoms with E-state index in [4.69, 9.17) is 0 Å². The lowest BCUT2D eigenvalue weighted by molar-refractivity contribution is 0.0950. The van der Waals surface area contributed by atoms with Crippen LogP contribution in [0.1, 0.15) is 46.3 Å².